The minimum Gasteiger partial charge on any atom is -0.258 e. The molecule has 6 rings (SSSR count). The minimum atomic E-state index is -0.336. The number of hydrogen-bond donors (Lipinski definition) is 0. The zero-order valence-corrected chi connectivity index (χ0v) is 46.0. The van der Waals surface area contributed by atoms with E-state index >= 15 is 0 Å². The number of benzene rings is 2. The summed E-state index contributed by atoms with van der Waals surface area (Å²) < 4.78 is 8.52. The van der Waals surface area contributed by atoms with Crippen LogP contribution in [0.25, 0.3) is 52.5 Å². The molecular weight excluding hydrogens is 941 g/mol. The first-order valence-corrected chi connectivity index (χ1v) is 30.9. The van der Waals surface area contributed by atoms with Crippen molar-refractivity contribution in [3.05, 3.63) is 101 Å². The highest BCUT2D eigenvalue weighted by Gasteiger charge is 2.23. The van der Waals surface area contributed by atoms with E-state index in [4.69, 9.17) is 0 Å². The first-order chi connectivity index (χ1) is 34.4. The largest absolute Gasteiger partial charge is 0.269 e. The van der Waals surface area contributed by atoms with Crippen LogP contribution in [-0.2, 0) is 12.8 Å². The number of hydrogen-bond acceptors (Lipinski definition) is 8. The molecule has 0 N–H and O–H groups in total. The summed E-state index contributed by atoms with van der Waals surface area (Å²) in [5.74, 6) is 0. The lowest BCUT2D eigenvalue weighted by molar-refractivity contribution is -0.385. The van der Waals surface area contributed by atoms with Gasteiger partial charge in [-0.1, -0.05) is 206 Å². The maximum absolute atomic E-state index is 11.3. The van der Waals surface area contributed by atoms with Gasteiger partial charge in [-0.2, -0.15) is 0 Å². The average molecular weight is 1020 g/mol. The molecule has 0 spiro atoms. The number of nitro groups is 2. The van der Waals surface area contributed by atoms with E-state index in [0.717, 1.165) is 24.0 Å². The number of fused-ring (bicyclic) bond motifs is 5. The Balaban J connectivity index is 1.12. The summed E-state index contributed by atoms with van der Waals surface area (Å²) in [5, 5.41) is 22.7. The van der Waals surface area contributed by atoms with Gasteiger partial charge in [-0.3, -0.25) is 20.2 Å². The first kappa shape index (κ1) is 55.6. The lowest BCUT2D eigenvalue weighted by Gasteiger charge is -2.04. The molecule has 6 aromatic rings. The molecule has 0 aliphatic carbocycles. The van der Waals surface area contributed by atoms with Crippen molar-refractivity contribution < 1.29 is 9.85 Å². The molecule has 0 atom stereocenters. The highest BCUT2D eigenvalue weighted by molar-refractivity contribution is 7.45. The zero-order chi connectivity index (χ0) is 49.2. The lowest BCUT2D eigenvalue weighted by atomic mass is 10.0. The Labute approximate surface area is 436 Å². The number of aryl methyl sites for hydroxylation is 2. The molecule has 0 radical (unpaired) electrons. The van der Waals surface area contributed by atoms with Gasteiger partial charge in [0.25, 0.3) is 11.4 Å². The molecule has 6 nitrogen and oxygen atoms in total. The van der Waals surface area contributed by atoms with Crippen LogP contribution in [0.2, 0.25) is 0 Å². The van der Waals surface area contributed by atoms with Crippen molar-refractivity contribution in [2.75, 3.05) is 0 Å². The van der Waals surface area contributed by atoms with E-state index in [0.29, 0.717) is 0 Å². The van der Waals surface area contributed by atoms with Crippen molar-refractivity contribution in [2.24, 2.45) is 0 Å². The molecule has 0 saturated heterocycles. The molecular formula is C60H82N2O4S4. The highest BCUT2D eigenvalue weighted by Crippen LogP contribution is 2.53. The topological polar surface area (TPSA) is 86.3 Å². The van der Waals surface area contributed by atoms with E-state index in [1.165, 1.54) is 242 Å². The molecule has 0 amide bonds. The van der Waals surface area contributed by atoms with Gasteiger partial charge in [0, 0.05) is 34.0 Å². The summed E-state index contributed by atoms with van der Waals surface area (Å²) in [5.41, 5.74) is 5.10. The van der Waals surface area contributed by atoms with Crippen LogP contribution in [0, 0.1) is 20.2 Å². The van der Waals surface area contributed by atoms with Crippen LogP contribution in [-0.4, -0.2) is 9.85 Å². The second-order valence-corrected chi connectivity index (χ2v) is 24.0. The van der Waals surface area contributed by atoms with Crippen LogP contribution in [0.5, 0.6) is 0 Å². The number of unbranched alkanes of at least 4 members (excludes halogenated alkanes) is 28. The van der Waals surface area contributed by atoms with Crippen molar-refractivity contribution in [3.8, 4) is 0 Å². The minimum absolute atomic E-state index is 0.117. The molecule has 70 heavy (non-hydrogen) atoms. The third-order valence-electron chi connectivity index (χ3n) is 14.1. The van der Waals surface area contributed by atoms with Crippen LogP contribution in [0.3, 0.4) is 0 Å². The first-order valence-electron chi connectivity index (χ1n) is 27.6. The molecule has 0 unspecified atom stereocenters. The molecule has 0 saturated carbocycles. The Morgan fingerprint density at radius 2 is 0.600 bits per heavy atom. The summed E-state index contributed by atoms with van der Waals surface area (Å²) >= 11 is 7.81. The third-order valence-corrected chi connectivity index (χ3v) is 19.7. The summed E-state index contributed by atoms with van der Waals surface area (Å²) in [6, 6.07) is 13.8. The summed E-state index contributed by atoms with van der Waals surface area (Å²) in [6.45, 7) is 4.58. The Kier molecular flexibility index (Phi) is 25.2. The highest BCUT2D eigenvalue weighted by atomic mass is 32.1. The smallest absolute Gasteiger partial charge is 0.258 e. The van der Waals surface area contributed by atoms with Gasteiger partial charge in [0.15, 0.2) is 0 Å². The molecule has 380 valence electrons. The van der Waals surface area contributed by atoms with Crippen molar-refractivity contribution in [3.63, 3.8) is 0 Å². The van der Waals surface area contributed by atoms with Gasteiger partial charge in [-0.25, -0.2) is 0 Å². The van der Waals surface area contributed by atoms with Crippen LogP contribution < -0.4 is 0 Å². The summed E-state index contributed by atoms with van der Waals surface area (Å²) in [7, 11) is 0. The molecule has 0 bridgehead atoms. The molecule has 4 aromatic heterocycles. The fourth-order valence-corrected chi connectivity index (χ4v) is 16.0. The molecule has 0 aliphatic heterocycles. The predicted octanol–water partition coefficient (Wildman–Crippen LogP) is 22.4. The molecule has 0 fully saturated rings. The van der Waals surface area contributed by atoms with Gasteiger partial charge in [0.2, 0.25) is 0 Å². The molecule has 0 aliphatic rings. The third kappa shape index (κ3) is 17.8. The Bertz CT molecular complexity index is 2330. The standard InChI is InChI=1S/C60H82N2O4S4/c1-3-5-7-9-11-13-15-17-19-21-23-25-27-29-31-33-51-53(45-39-47-35-41-49(42-36-47)61(63)64)67-57-55(51)69-60-58-56(70-59(57)60)52(54(68-58)46-40-48-37-43-50(44-38-48)62(65)66)34-32-30-28-26-24-22-20-18-16-14-12-10-8-6-4-2/h35-46H,3-34H2,1-2H3/b45-39+,46-40+. The number of non-ortho nitro benzene ring substituents is 2. The normalized spacial score (nSPS) is 12.1. The SMILES string of the molecule is CCCCCCCCCCCCCCCCCc1c(/C=C/c2ccc([N+](=O)[O-])cc2)sc2c1sc1c3sc(/C=C/c4ccc([N+](=O)[O-])cc4)c(CCCCCCCCCCCCCCCCC)c3sc21. The summed E-state index contributed by atoms with van der Waals surface area (Å²) in [4.78, 5) is 24.6. The maximum Gasteiger partial charge on any atom is 0.269 e. The lowest BCUT2D eigenvalue weighted by Crippen LogP contribution is -1.88. The zero-order valence-electron chi connectivity index (χ0n) is 42.7. The van der Waals surface area contributed by atoms with Crippen LogP contribution >= 0.6 is 45.3 Å². The van der Waals surface area contributed by atoms with Crippen LogP contribution in [0.4, 0.5) is 11.4 Å². The monoisotopic (exact) mass is 1020 g/mol. The van der Waals surface area contributed by atoms with Crippen molar-refractivity contribution in [1.82, 2.24) is 0 Å². The van der Waals surface area contributed by atoms with E-state index in [2.05, 4.69) is 38.2 Å². The summed E-state index contributed by atoms with van der Waals surface area (Å²) in [6.07, 6.45) is 51.6. The quantitative estimate of drug-likeness (QED) is 0.0220. The second kappa shape index (κ2) is 31.7. The van der Waals surface area contributed by atoms with E-state index in [1.807, 2.05) is 69.6 Å². The fourth-order valence-electron chi connectivity index (χ4n) is 9.89. The number of nitro benzene ring substituents is 2. The predicted molar refractivity (Wildman–Crippen MR) is 312 cm³/mol. The van der Waals surface area contributed by atoms with Gasteiger partial charge >= 0.3 is 0 Å². The fraction of sp³-hybridized carbons (Fsp3) is 0.567. The van der Waals surface area contributed by atoms with E-state index in [-0.39, 0.29) is 21.2 Å². The van der Waals surface area contributed by atoms with E-state index < -0.39 is 0 Å². The Hall–Kier alpha value is -3.70. The van der Waals surface area contributed by atoms with Crippen LogP contribution in [0.15, 0.2) is 48.5 Å². The van der Waals surface area contributed by atoms with E-state index in [1.54, 1.807) is 24.3 Å². The number of thiophene rings is 4. The molecule has 4 heterocycles. The van der Waals surface area contributed by atoms with Crippen LogP contribution in [0.1, 0.15) is 238 Å². The van der Waals surface area contributed by atoms with Gasteiger partial charge in [0.05, 0.1) is 38.0 Å². The number of rotatable bonds is 38. The van der Waals surface area contributed by atoms with Gasteiger partial charge in [-0.15, -0.1) is 45.3 Å². The second-order valence-electron chi connectivity index (χ2n) is 19.8. The van der Waals surface area contributed by atoms with Gasteiger partial charge in [0.1, 0.15) is 0 Å². The van der Waals surface area contributed by atoms with Gasteiger partial charge < -0.3 is 0 Å². The molecule has 10 heteroatoms. The Morgan fingerprint density at radius 1 is 0.343 bits per heavy atom. The average Bonchev–Trinajstić information content (AvgIpc) is 4.10. The molecule has 2 aromatic carbocycles. The number of nitrogens with zero attached hydrogens (tertiary/aromatic N) is 2. The van der Waals surface area contributed by atoms with Crippen molar-refractivity contribution in [2.45, 2.75) is 219 Å². The maximum atomic E-state index is 11.3. The van der Waals surface area contributed by atoms with Gasteiger partial charge in [-0.05, 0) is 84.4 Å². The van der Waals surface area contributed by atoms with Crippen molar-refractivity contribution >= 4 is 109 Å². The van der Waals surface area contributed by atoms with Crippen molar-refractivity contribution in [1.29, 1.82) is 0 Å². The Morgan fingerprint density at radius 3 is 0.871 bits per heavy atom. The van der Waals surface area contributed by atoms with E-state index in [9.17, 15) is 20.2 Å².